The van der Waals surface area contributed by atoms with Gasteiger partial charge in [-0.05, 0) is 33.5 Å². The molecular formula is C8H17ClN2O2. The Kier molecular flexibility index (Phi) is 9.22. The van der Waals surface area contributed by atoms with Gasteiger partial charge in [0.05, 0.1) is 0 Å². The average molecular weight is 209 g/mol. The third-order valence-corrected chi connectivity index (χ3v) is 1.48. The predicted molar refractivity (Wildman–Crippen MR) is 54.5 cm³/mol. The predicted octanol–water partition coefficient (Wildman–Crippen LogP) is 0.723. The van der Waals surface area contributed by atoms with Gasteiger partial charge in [0.2, 0.25) is 0 Å². The van der Waals surface area contributed by atoms with E-state index in [0.29, 0.717) is 12.0 Å². The molecule has 13 heavy (non-hydrogen) atoms. The van der Waals surface area contributed by atoms with Crippen LogP contribution in [-0.4, -0.2) is 31.5 Å². The van der Waals surface area contributed by atoms with E-state index < -0.39 is 5.97 Å². The van der Waals surface area contributed by atoms with Crippen molar-refractivity contribution in [1.29, 1.82) is 0 Å². The van der Waals surface area contributed by atoms with Crippen LogP contribution in [0.25, 0.3) is 0 Å². The van der Waals surface area contributed by atoms with Crippen LogP contribution in [-0.2, 0) is 9.63 Å². The SMILES string of the molecule is C=C(CCCN(C)C)C(=O)ON.Cl. The number of nitrogens with two attached hydrogens (primary N) is 1. The minimum absolute atomic E-state index is 0. The second-order valence-electron chi connectivity index (χ2n) is 2.92. The van der Waals surface area contributed by atoms with Gasteiger partial charge in [-0.3, -0.25) is 0 Å². The van der Waals surface area contributed by atoms with Crippen molar-refractivity contribution in [1.82, 2.24) is 4.90 Å². The van der Waals surface area contributed by atoms with E-state index in [9.17, 15) is 4.79 Å². The van der Waals surface area contributed by atoms with E-state index in [4.69, 9.17) is 0 Å². The molecule has 0 bridgehead atoms. The lowest BCUT2D eigenvalue weighted by atomic mass is 10.1. The van der Waals surface area contributed by atoms with E-state index in [0.717, 1.165) is 13.0 Å². The molecule has 0 saturated carbocycles. The molecule has 0 aromatic carbocycles. The highest BCUT2D eigenvalue weighted by Crippen LogP contribution is 2.03. The van der Waals surface area contributed by atoms with Crippen molar-refractivity contribution in [2.75, 3.05) is 20.6 Å². The van der Waals surface area contributed by atoms with Crippen LogP contribution in [0.2, 0.25) is 0 Å². The van der Waals surface area contributed by atoms with Crippen molar-refractivity contribution in [3.05, 3.63) is 12.2 Å². The van der Waals surface area contributed by atoms with Crippen LogP contribution < -0.4 is 5.90 Å². The van der Waals surface area contributed by atoms with Crippen LogP contribution in [0.5, 0.6) is 0 Å². The lowest BCUT2D eigenvalue weighted by molar-refractivity contribution is -0.139. The Labute approximate surface area is 85.1 Å². The van der Waals surface area contributed by atoms with Gasteiger partial charge in [0.25, 0.3) is 0 Å². The summed E-state index contributed by atoms with van der Waals surface area (Å²) in [6.45, 7) is 4.48. The second-order valence-corrected chi connectivity index (χ2v) is 2.92. The Hall–Kier alpha value is -0.580. The molecular weight excluding hydrogens is 192 g/mol. The quantitative estimate of drug-likeness (QED) is 0.535. The maximum absolute atomic E-state index is 10.7. The molecule has 0 aliphatic carbocycles. The van der Waals surface area contributed by atoms with E-state index in [2.05, 4.69) is 17.3 Å². The summed E-state index contributed by atoms with van der Waals surface area (Å²) in [4.78, 5) is 16.8. The highest BCUT2D eigenvalue weighted by molar-refractivity contribution is 5.87. The van der Waals surface area contributed by atoms with Gasteiger partial charge in [0.15, 0.2) is 0 Å². The fraction of sp³-hybridized carbons (Fsp3) is 0.625. The third-order valence-electron chi connectivity index (χ3n) is 1.48. The van der Waals surface area contributed by atoms with Gasteiger partial charge < -0.3 is 9.74 Å². The summed E-state index contributed by atoms with van der Waals surface area (Å²) in [7, 11) is 3.95. The zero-order valence-corrected chi connectivity index (χ0v) is 8.89. The summed E-state index contributed by atoms with van der Waals surface area (Å²) < 4.78 is 0. The van der Waals surface area contributed by atoms with Gasteiger partial charge in [0.1, 0.15) is 0 Å². The van der Waals surface area contributed by atoms with E-state index in [1.165, 1.54) is 0 Å². The molecule has 0 spiro atoms. The number of hydrogen-bond acceptors (Lipinski definition) is 4. The zero-order chi connectivity index (χ0) is 9.56. The van der Waals surface area contributed by atoms with Crippen molar-refractivity contribution in [3.8, 4) is 0 Å². The summed E-state index contributed by atoms with van der Waals surface area (Å²) in [6.07, 6.45) is 1.52. The maximum atomic E-state index is 10.7. The molecule has 0 rings (SSSR count). The fourth-order valence-electron chi connectivity index (χ4n) is 0.794. The van der Waals surface area contributed by atoms with Crippen molar-refractivity contribution in [3.63, 3.8) is 0 Å². The van der Waals surface area contributed by atoms with Gasteiger partial charge in [0, 0.05) is 5.57 Å². The van der Waals surface area contributed by atoms with E-state index >= 15 is 0 Å². The molecule has 0 fully saturated rings. The summed E-state index contributed by atoms with van der Waals surface area (Å²) >= 11 is 0. The lowest BCUT2D eigenvalue weighted by Crippen LogP contribution is -2.15. The zero-order valence-electron chi connectivity index (χ0n) is 8.08. The monoisotopic (exact) mass is 208 g/mol. The molecule has 4 nitrogen and oxygen atoms in total. The topological polar surface area (TPSA) is 55.6 Å². The Bertz CT molecular complexity index is 172. The molecule has 0 aromatic heterocycles. The van der Waals surface area contributed by atoms with Crippen molar-refractivity contribution >= 4 is 18.4 Å². The number of nitrogens with zero attached hydrogens (tertiary/aromatic N) is 1. The Morgan fingerprint density at radius 3 is 2.46 bits per heavy atom. The van der Waals surface area contributed by atoms with Crippen molar-refractivity contribution in [2.45, 2.75) is 12.8 Å². The van der Waals surface area contributed by atoms with Crippen LogP contribution >= 0.6 is 12.4 Å². The molecule has 0 unspecified atom stereocenters. The van der Waals surface area contributed by atoms with Crippen LogP contribution in [0.1, 0.15) is 12.8 Å². The molecule has 0 aliphatic heterocycles. The summed E-state index contributed by atoms with van der Waals surface area (Å²) in [5.74, 6) is 4.16. The molecule has 0 aromatic rings. The molecule has 0 amide bonds. The largest absolute Gasteiger partial charge is 0.370 e. The first-order valence-electron chi connectivity index (χ1n) is 3.81. The molecule has 0 atom stereocenters. The minimum atomic E-state index is -0.520. The molecule has 0 aliphatic rings. The molecule has 0 heterocycles. The lowest BCUT2D eigenvalue weighted by Gasteiger charge is -2.08. The summed E-state index contributed by atoms with van der Waals surface area (Å²) in [5.41, 5.74) is 0.430. The van der Waals surface area contributed by atoms with Crippen LogP contribution in [0.3, 0.4) is 0 Å². The van der Waals surface area contributed by atoms with Crippen molar-refractivity contribution < 1.29 is 9.63 Å². The second kappa shape index (κ2) is 8.04. The summed E-state index contributed by atoms with van der Waals surface area (Å²) in [5, 5.41) is 0. The van der Waals surface area contributed by atoms with Crippen LogP contribution in [0.4, 0.5) is 0 Å². The fourth-order valence-corrected chi connectivity index (χ4v) is 0.794. The smallest absolute Gasteiger partial charge is 0.351 e. The Morgan fingerprint density at radius 1 is 1.54 bits per heavy atom. The van der Waals surface area contributed by atoms with Gasteiger partial charge in [-0.15, -0.1) is 12.4 Å². The first-order valence-corrected chi connectivity index (χ1v) is 3.81. The molecule has 78 valence electrons. The van der Waals surface area contributed by atoms with E-state index in [1.54, 1.807) is 0 Å². The van der Waals surface area contributed by atoms with Gasteiger partial charge in [-0.2, -0.15) is 5.90 Å². The Morgan fingerprint density at radius 2 is 2.08 bits per heavy atom. The van der Waals surface area contributed by atoms with Gasteiger partial charge in [-0.25, -0.2) is 4.79 Å². The van der Waals surface area contributed by atoms with Crippen LogP contribution in [0.15, 0.2) is 12.2 Å². The Balaban J connectivity index is 0. The summed E-state index contributed by atoms with van der Waals surface area (Å²) in [6, 6.07) is 0. The minimum Gasteiger partial charge on any atom is -0.370 e. The van der Waals surface area contributed by atoms with Gasteiger partial charge >= 0.3 is 5.97 Å². The van der Waals surface area contributed by atoms with E-state index in [1.807, 2.05) is 19.0 Å². The van der Waals surface area contributed by atoms with Crippen molar-refractivity contribution in [2.24, 2.45) is 5.90 Å². The molecule has 0 saturated heterocycles. The number of rotatable bonds is 5. The van der Waals surface area contributed by atoms with E-state index in [-0.39, 0.29) is 12.4 Å². The average Bonchev–Trinajstić information content (AvgIpc) is 2.02. The number of halogens is 1. The highest BCUT2D eigenvalue weighted by atomic mass is 35.5. The molecule has 0 radical (unpaired) electrons. The standard InChI is InChI=1S/C8H16N2O2.ClH/c1-7(8(11)12-9)5-4-6-10(2)3;/h1,4-6,9H2,2-3H3;1H. The number of hydrogen-bond donors (Lipinski definition) is 1. The van der Waals surface area contributed by atoms with Gasteiger partial charge in [-0.1, -0.05) is 6.58 Å². The highest BCUT2D eigenvalue weighted by Gasteiger charge is 2.06. The first kappa shape index (κ1) is 14.9. The van der Waals surface area contributed by atoms with Crippen LogP contribution in [0, 0.1) is 0 Å². The number of carbonyl (C=O) groups is 1. The third kappa shape index (κ3) is 7.77. The maximum Gasteiger partial charge on any atom is 0.351 e. The molecule has 5 heteroatoms. The normalized spacial score (nSPS) is 9.23. The first-order chi connectivity index (χ1) is 5.57. The molecule has 2 N–H and O–H groups in total. The number of carbonyl (C=O) groups excluding carboxylic acids is 1.